The van der Waals surface area contributed by atoms with Crippen molar-refractivity contribution in [1.29, 1.82) is 0 Å². The molecule has 1 aromatic carbocycles. The van der Waals surface area contributed by atoms with Gasteiger partial charge in [-0.2, -0.15) is 0 Å². The monoisotopic (exact) mass is 260 g/mol. The molecule has 18 heavy (non-hydrogen) atoms. The summed E-state index contributed by atoms with van der Waals surface area (Å²) < 4.78 is 0. The van der Waals surface area contributed by atoms with Crippen molar-refractivity contribution >= 4 is 22.5 Å². The van der Waals surface area contributed by atoms with Crippen LogP contribution in [0.3, 0.4) is 0 Å². The van der Waals surface area contributed by atoms with Gasteiger partial charge in [0.1, 0.15) is 0 Å². The molecule has 0 bridgehead atoms. The van der Waals surface area contributed by atoms with Gasteiger partial charge in [-0.25, -0.2) is 0 Å². The lowest BCUT2D eigenvalue weighted by Gasteiger charge is -2.13. The second-order valence-electron chi connectivity index (χ2n) is 4.81. The number of benzene rings is 1. The normalized spacial score (nSPS) is 14.1. The fourth-order valence-corrected chi connectivity index (χ4v) is 2.96. The van der Waals surface area contributed by atoms with Gasteiger partial charge in [-0.05, 0) is 55.1 Å². The summed E-state index contributed by atoms with van der Waals surface area (Å²) in [5.74, 6) is 0. The van der Waals surface area contributed by atoms with Crippen molar-refractivity contribution in [3.63, 3.8) is 0 Å². The molecule has 2 aromatic rings. The second kappa shape index (κ2) is 4.87. The maximum absolute atomic E-state index is 6.13. The molecule has 0 spiro atoms. The molecule has 3 rings (SSSR count). The van der Waals surface area contributed by atoms with Crippen LogP contribution >= 0.6 is 11.6 Å². The number of aryl methyl sites for hydroxylation is 1. The van der Waals surface area contributed by atoms with Crippen molar-refractivity contribution in [3.8, 4) is 0 Å². The number of aromatic nitrogens is 1. The lowest BCUT2D eigenvalue weighted by molar-refractivity contribution is 0.724. The molecule has 0 atom stereocenters. The highest BCUT2D eigenvalue weighted by Gasteiger charge is 2.19. The average Bonchev–Trinajstić information content (AvgIpc) is 2.82. The SMILES string of the molecule is CCNCc1c2c(nc3ccc(Cl)cc13)CCC2. The summed E-state index contributed by atoms with van der Waals surface area (Å²) >= 11 is 6.13. The molecule has 0 aliphatic heterocycles. The van der Waals surface area contributed by atoms with Crippen LogP contribution in [0.15, 0.2) is 18.2 Å². The molecule has 0 unspecified atom stereocenters. The predicted molar refractivity (Wildman–Crippen MR) is 76.2 cm³/mol. The Bertz CT molecular complexity index is 593. The third-order valence-corrected chi connectivity index (χ3v) is 3.88. The van der Waals surface area contributed by atoms with Crippen LogP contribution in [0.1, 0.15) is 30.2 Å². The zero-order valence-electron chi connectivity index (χ0n) is 10.6. The van der Waals surface area contributed by atoms with Gasteiger partial charge >= 0.3 is 0 Å². The Morgan fingerprint density at radius 3 is 3.06 bits per heavy atom. The number of nitrogens with one attached hydrogen (secondary N) is 1. The lowest BCUT2D eigenvalue weighted by Crippen LogP contribution is -2.14. The summed E-state index contributed by atoms with van der Waals surface area (Å²) in [4.78, 5) is 4.78. The van der Waals surface area contributed by atoms with E-state index in [0.29, 0.717) is 0 Å². The highest BCUT2D eigenvalue weighted by atomic mass is 35.5. The molecule has 1 heterocycles. The maximum Gasteiger partial charge on any atom is 0.0709 e. The number of rotatable bonds is 3. The lowest BCUT2D eigenvalue weighted by atomic mass is 10.0. The third-order valence-electron chi connectivity index (χ3n) is 3.64. The minimum Gasteiger partial charge on any atom is -0.313 e. The van der Waals surface area contributed by atoms with E-state index in [1.54, 1.807) is 0 Å². The van der Waals surface area contributed by atoms with Crippen molar-refractivity contribution in [2.75, 3.05) is 6.54 Å². The highest BCUT2D eigenvalue weighted by Crippen LogP contribution is 2.31. The van der Waals surface area contributed by atoms with Gasteiger partial charge < -0.3 is 5.32 Å². The standard InChI is InChI=1S/C15H17ClN2/c1-2-17-9-13-11-4-3-5-14(11)18-15-7-6-10(16)8-12(13)15/h6-8,17H,2-5,9H2,1H3. The molecule has 94 valence electrons. The van der Waals surface area contributed by atoms with Crippen LogP contribution in [0.4, 0.5) is 0 Å². The zero-order chi connectivity index (χ0) is 12.5. The van der Waals surface area contributed by atoms with Crippen molar-refractivity contribution in [2.24, 2.45) is 0 Å². The number of nitrogens with zero attached hydrogens (tertiary/aromatic N) is 1. The largest absolute Gasteiger partial charge is 0.313 e. The first-order valence-electron chi connectivity index (χ1n) is 6.60. The van der Waals surface area contributed by atoms with E-state index < -0.39 is 0 Å². The van der Waals surface area contributed by atoms with Crippen LogP contribution in [0.2, 0.25) is 5.02 Å². The fraction of sp³-hybridized carbons (Fsp3) is 0.400. The van der Waals surface area contributed by atoms with Gasteiger partial charge in [0.15, 0.2) is 0 Å². The molecule has 1 aliphatic carbocycles. The molecule has 0 fully saturated rings. The van der Waals surface area contributed by atoms with Crippen LogP contribution in [0, 0.1) is 0 Å². The van der Waals surface area contributed by atoms with E-state index in [1.165, 1.54) is 28.6 Å². The summed E-state index contributed by atoms with van der Waals surface area (Å²) in [6.45, 7) is 4.04. The molecule has 0 saturated carbocycles. The van der Waals surface area contributed by atoms with Crippen LogP contribution in [0.25, 0.3) is 10.9 Å². The highest BCUT2D eigenvalue weighted by molar-refractivity contribution is 6.31. The van der Waals surface area contributed by atoms with Crippen molar-refractivity contribution in [2.45, 2.75) is 32.7 Å². The van der Waals surface area contributed by atoms with E-state index in [2.05, 4.69) is 18.3 Å². The van der Waals surface area contributed by atoms with Gasteiger partial charge in [-0.15, -0.1) is 0 Å². The number of fused-ring (bicyclic) bond motifs is 2. The molecule has 0 saturated heterocycles. The molecule has 1 N–H and O–H groups in total. The summed E-state index contributed by atoms with van der Waals surface area (Å²) in [5, 5.41) is 5.44. The van der Waals surface area contributed by atoms with Gasteiger partial charge in [0.25, 0.3) is 0 Å². The van der Waals surface area contributed by atoms with Crippen LogP contribution < -0.4 is 5.32 Å². The Morgan fingerprint density at radius 2 is 2.22 bits per heavy atom. The van der Waals surface area contributed by atoms with Gasteiger partial charge in [-0.3, -0.25) is 4.98 Å². The smallest absolute Gasteiger partial charge is 0.0709 e. The van der Waals surface area contributed by atoms with Gasteiger partial charge in [0, 0.05) is 22.6 Å². The first-order chi connectivity index (χ1) is 8.79. The van der Waals surface area contributed by atoms with Crippen molar-refractivity contribution in [3.05, 3.63) is 40.0 Å². The molecule has 3 heteroatoms. The minimum atomic E-state index is 0.792. The molecule has 1 aromatic heterocycles. The maximum atomic E-state index is 6.13. The number of pyridine rings is 1. The predicted octanol–water partition coefficient (Wildman–Crippen LogP) is 3.49. The summed E-state index contributed by atoms with van der Waals surface area (Å²) in [5.41, 5.74) is 5.22. The first kappa shape index (κ1) is 11.9. The van der Waals surface area contributed by atoms with E-state index in [1.807, 2.05) is 12.1 Å². The Morgan fingerprint density at radius 1 is 1.33 bits per heavy atom. The minimum absolute atomic E-state index is 0.792. The van der Waals surface area contributed by atoms with E-state index in [0.717, 1.165) is 36.5 Å². The number of halogens is 1. The fourth-order valence-electron chi connectivity index (χ4n) is 2.78. The van der Waals surface area contributed by atoms with Gasteiger partial charge in [-0.1, -0.05) is 18.5 Å². The van der Waals surface area contributed by atoms with Gasteiger partial charge in [0.2, 0.25) is 0 Å². The van der Waals surface area contributed by atoms with E-state index >= 15 is 0 Å². The summed E-state index contributed by atoms with van der Waals surface area (Å²) in [6, 6.07) is 6.01. The Labute approximate surface area is 112 Å². The molecule has 0 radical (unpaired) electrons. The van der Waals surface area contributed by atoms with E-state index in [9.17, 15) is 0 Å². The second-order valence-corrected chi connectivity index (χ2v) is 5.25. The zero-order valence-corrected chi connectivity index (χ0v) is 11.3. The Kier molecular flexibility index (Phi) is 3.23. The number of hydrogen-bond donors (Lipinski definition) is 1. The molecular formula is C15H17ClN2. The summed E-state index contributed by atoms with van der Waals surface area (Å²) in [7, 11) is 0. The van der Waals surface area contributed by atoms with Crippen LogP contribution in [-0.2, 0) is 19.4 Å². The first-order valence-corrected chi connectivity index (χ1v) is 6.98. The van der Waals surface area contributed by atoms with Crippen LogP contribution in [0.5, 0.6) is 0 Å². The Balaban J connectivity index is 2.22. The van der Waals surface area contributed by atoms with E-state index in [4.69, 9.17) is 16.6 Å². The van der Waals surface area contributed by atoms with Crippen molar-refractivity contribution in [1.82, 2.24) is 10.3 Å². The van der Waals surface area contributed by atoms with Crippen LogP contribution in [-0.4, -0.2) is 11.5 Å². The van der Waals surface area contributed by atoms with E-state index in [-0.39, 0.29) is 0 Å². The average molecular weight is 261 g/mol. The molecule has 2 nitrogen and oxygen atoms in total. The summed E-state index contributed by atoms with van der Waals surface area (Å²) in [6.07, 6.45) is 3.50. The van der Waals surface area contributed by atoms with Gasteiger partial charge in [0.05, 0.1) is 5.52 Å². The molecular weight excluding hydrogens is 244 g/mol. The topological polar surface area (TPSA) is 24.9 Å². The Hall–Kier alpha value is -1.12. The molecule has 0 amide bonds. The third kappa shape index (κ3) is 2.00. The van der Waals surface area contributed by atoms with Crippen molar-refractivity contribution < 1.29 is 0 Å². The quantitative estimate of drug-likeness (QED) is 0.914. The number of hydrogen-bond acceptors (Lipinski definition) is 2. The molecule has 1 aliphatic rings.